The molecule has 0 aliphatic carbocycles. The van der Waals surface area contributed by atoms with Gasteiger partial charge in [0.25, 0.3) is 0 Å². The molecular formula is C14H16FN3O. The van der Waals surface area contributed by atoms with Crippen LogP contribution in [0.3, 0.4) is 0 Å². The number of aromatic nitrogens is 2. The minimum Gasteiger partial charge on any atom is -0.496 e. The maximum Gasteiger partial charge on any atom is 0.145 e. The van der Waals surface area contributed by atoms with Crippen molar-refractivity contribution in [3.8, 4) is 17.0 Å². The Morgan fingerprint density at radius 3 is 2.89 bits per heavy atom. The Morgan fingerprint density at radius 1 is 1.32 bits per heavy atom. The van der Waals surface area contributed by atoms with Gasteiger partial charge in [-0.2, -0.15) is 0 Å². The van der Waals surface area contributed by atoms with Gasteiger partial charge in [-0.05, 0) is 24.6 Å². The van der Waals surface area contributed by atoms with Crippen LogP contribution in [0, 0.1) is 5.82 Å². The second kappa shape index (κ2) is 6.13. The van der Waals surface area contributed by atoms with Gasteiger partial charge >= 0.3 is 0 Å². The molecule has 0 spiro atoms. The van der Waals surface area contributed by atoms with Crippen LogP contribution >= 0.6 is 0 Å². The summed E-state index contributed by atoms with van der Waals surface area (Å²) in [7, 11) is 1.54. The van der Waals surface area contributed by atoms with Crippen molar-refractivity contribution in [1.29, 1.82) is 0 Å². The molecule has 0 unspecified atom stereocenters. The fourth-order valence-electron chi connectivity index (χ4n) is 1.71. The molecule has 1 N–H and O–H groups in total. The predicted octanol–water partition coefficient (Wildman–Crippen LogP) is 3.11. The zero-order valence-electron chi connectivity index (χ0n) is 11.0. The van der Waals surface area contributed by atoms with Gasteiger partial charge in [-0.15, -0.1) is 0 Å². The summed E-state index contributed by atoms with van der Waals surface area (Å²) in [5.74, 6) is 0.915. The SMILES string of the molecule is CCCNc1cncc(-c2cc(F)ccc2OC)n1. The highest BCUT2D eigenvalue weighted by atomic mass is 19.1. The van der Waals surface area contributed by atoms with E-state index in [2.05, 4.69) is 22.2 Å². The van der Waals surface area contributed by atoms with Crippen LogP contribution in [0.5, 0.6) is 5.75 Å². The number of hydrogen-bond acceptors (Lipinski definition) is 4. The number of hydrogen-bond donors (Lipinski definition) is 1. The van der Waals surface area contributed by atoms with E-state index in [1.807, 2.05) is 0 Å². The third kappa shape index (κ3) is 3.19. The summed E-state index contributed by atoms with van der Waals surface area (Å²) in [4.78, 5) is 8.53. The van der Waals surface area contributed by atoms with Gasteiger partial charge in [0.15, 0.2) is 0 Å². The molecule has 1 aromatic carbocycles. The molecule has 0 bridgehead atoms. The molecular weight excluding hydrogens is 245 g/mol. The molecule has 0 amide bonds. The first-order valence-electron chi connectivity index (χ1n) is 6.14. The summed E-state index contributed by atoms with van der Waals surface area (Å²) in [5.41, 5.74) is 1.17. The van der Waals surface area contributed by atoms with E-state index in [0.717, 1.165) is 13.0 Å². The lowest BCUT2D eigenvalue weighted by molar-refractivity contribution is 0.415. The fraction of sp³-hybridized carbons (Fsp3) is 0.286. The Kier molecular flexibility index (Phi) is 4.28. The first-order valence-corrected chi connectivity index (χ1v) is 6.14. The van der Waals surface area contributed by atoms with Crippen molar-refractivity contribution in [1.82, 2.24) is 9.97 Å². The lowest BCUT2D eigenvalue weighted by atomic mass is 10.1. The van der Waals surface area contributed by atoms with E-state index in [0.29, 0.717) is 22.8 Å². The van der Waals surface area contributed by atoms with Gasteiger partial charge in [-0.1, -0.05) is 6.92 Å². The standard InChI is InChI=1S/C14H16FN3O/c1-3-6-17-14-9-16-8-12(18-14)11-7-10(15)4-5-13(11)19-2/h4-5,7-9H,3,6H2,1-2H3,(H,17,18). The molecule has 0 aliphatic rings. The van der Waals surface area contributed by atoms with Crippen LogP contribution in [0.1, 0.15) is 13.3 Å². The highest BCUT2D eigenvalue weighted by Gasteiger charge is 2.09. The van der Waals surface area contributed by atoms with Crippen LogP contribution in [-0.4, -0.2) is 23.6 Å². The van der Waals surface area contributed by atoms with Crippen LogP contribution < -0.4 is 10.1 Å². The van der Waals surface area contributed by atoms with Crippen LogP contribution in [0.2, 0.25) is 0 Å². The van der Waals surface area contributed by atoms with Crippen molar-refractivity contribution in [2.75, 3.05) is 19.0 Å². The Hall–Kier alpha value is -2.17. The molecule has 1 heterocycles. The molecule has 100 valence electrons. The zero-order chi connectivity index (χ0) is 13.7. The van der Waals surface area contributed by atoms with Gasteiger partial charge in [0.1, 0.15) is 17.4 Å². The van der Waals surface area contributed by atoms with Crippen LogP contribution in [0.25, 0.3) is 11.3 Å². The Balaban J connectivity index is 2.38. The van der Waals surface area contributed by atoms with E-state index in [1.165, 1.54) is 12.1 Å². The lowest BCUT2D eigenvalue weighted by Gasteiger charge is -2.09. The molecule has 5 heteroatoms. The van der Waals surface area contributed by atoms with Crippen molar-refractivity contribution in [3.05, 3.63) is 36.4 Å². The minimum atomic E-state index is -0.329. The van der Waals surface area contributed by atoms with E-state index in [4.69, 9.17) is 4.74 Å². The minimum absolute atomic E-state index is 0.329. The Labute approximate surface area is 111 Å². The van der Waals surface area contributed by atoms with Crippen molar-refractivity contribution < 1.29 is 9.13 Å². The monoisotopic (exact) mass is 261 g/mol. The van der Waals surface area contributed by atoms with Gasteiger partial charge in [0.05, 0.1) is 25.2 Å². The Bertz CT molecular complexity index is 560. The van der Waals surface area contributed by atoms with E-state index in [-0.39, 0.29) is 5.82 Å². The van der Waals surface area contributed by atoms with E-state index >= 15 is 0 Å². The summed E-state index contributed by atoms with van der Waals surface area (Å²) in [5, 5.41) is 3.15. The van der Waals surface area contributed by atoms with E-state index in [9.17, 15) is 4.39 Å². The summed E-state index contributed by atoms with van der Waals surface area (Å²) in [6.45, 7) is 2.89. The lowest BCUT2D eigenvalue weighted by Crippen LogP contribution is -2.03. The Morgan fingerprint density at radius 2 is 2.16 bits per heavy atom. The number of rotatable bonds is 5. The average molecular weight is 261 g/mol. The van der Waals surface area contributed by atoms with E-state index in [1.54, 1.807) is 25.6 Å². The molecule has 2 aromatic rings. The molecule has 19 heavy (non-hydrogen) atoms. The van der Waals surface area contributed by atoms with Crippen LogP contribution in [0.4, 0.5) is 10.2 Å². The number of ether oxygens (including phenoxy) is 1. The highest BCUT2D eigenvalue weighted by molar-refractivity contribution is 5.67. The summed E-state index contributed by atoms with van der Waals surface area (Å²) in [6, 6.07) is 4.33. The average Bonchev–Trinajstić information content (AvgIpc) is 2.45. The summed E-state index contributed by atoms with van der Waals surface area (Å²) in [6.07, 6.45) is 4.23. The van der Waals surface area contributed by atoms with Gasteiger partial charge in [-0.3, -0.25) is 4.98 Å². The van der Waals surface area contributed by atoms with Crippen LogP contribution in [0.15, 0.2) is 30.6 Å². The second-order valence-electron chi connectivity index (χ2n) is 4.06. The van der Waals surface area contributed by atoms with E-state index < -0.39 is 0 Å². The van der Waals surface area contributed by atoms with Crippen LogP contribution in [-0.2, 0) is 0 Å². The molecule has 0 saturated heterocycles. The first kappa shape index (κ1) is 13.3. The second-order valence-corrected chi connectivity index (χ2v) is 4.06. The molecule has 0 atom stereocenters. The number of nitrogens with one attached hydrogen (secondary N) is 1. The van der Waals surface area contributed by atoms with Crippen molar-refractivity contribution in [2.24, 2.45) is 0 Å². The maximum absolute atomic E-state index is 13.4. The molecule has 2 rings (SSSR count). The van der Waals surface area contributed by atoms with Gasteiger partial charge in [-0.25, -0.2) is 9.37 Å². The zero-order valence-corrected chi connectivity index (χ0v) is 11.0. The predicted molar refractivity (Wildman–Crippen MR) is 72.8 cm³/mol. The van der Waals surface area contributed by atoms with Crippen molar-refractivity contribution >= 4 is 5.82 Å². The van der Waals surface area contributed by atoms with Crippen molar-refractivity contribution in [2.45, 2.75) is 13.3 Å². The summed E-state index contributed by atoms with van der Waals surface area (Å²) < 4.78 is 18.6. The molecule has 0 aliphatic heterocycles. The molecule has 1 aromatic heterocycles. The first-order chi connectivity index (χ1) is 9.24. The molecule has 0 saturated carbocycles. The van der Waals surface area contributed by atoms with Gasteiger partial charge < -0.3 is 10.1 Å². The normalized spacial score (nSPS) is 10.3. The third-order valence-electron chi connectivity index (χ3n) is 2.63. The largest absolute Gasteiger partial charge is 0.496 e. The maximum atomic E-state index is 13.4. The number of halogens is 1. The number of benzene rings is 1. The number of anilines is 1. The fourth-order valence-corrected chi connectivity index (χ4v) is 1.71. The topological polar surface area (TPSA) is 47.0 Å². The third-order valence-corrected chi connectivity index (χ3v) is 2.63. The summed E-state index contributed by atoms with van der Waals surface area (Å²) >= 11 is 0. The van der Waals surface area contributed by atoms with Gasteiger partial charge in [0.2, 0.25) is 0 Å². The highest BCUT2D eigenvalue weighted by Crippen LogP contribution is 2.29. The van der Waals surface area contributed by atoms with Gasteiger partial charge in [0, 0.05) is 12.1 Å². The molecule has 4 nitrogen and oxygen atoms in total. The smallest absolute Gasteiger partial charge is 0.145 e. The molecule has 0 radical (unpaired) electrons. The van der Waals surface area contributed by atoms with Crippen molar-refractivity contribution in [3.63, 3.8) is 0 Å². The number of methoxy groups -OCH3 is 1. The number of nitrogens with zero attached hydrogens (tertiary/aromatic N) is 2. The molecule has 0 fully saturated rings. The quantitative estimate of drug-likeness (QED) is 0.898.